The van der Waals surface area contributed by atoms with Crippen molar-refractivity contribution >= 4 is 23.3 Å². The molecule has 0 fully saturated rings. The van der Waals surface area contributed by atoms with Gasteiger partial charge in [0.2, 0.25) is 0 Å². The molecule has 1 aliphatic rings. The van der Waals surface area contributed by atoms with E-state index in [1.807, 2.05) is 0 Å². The van der Waals surface area contributed by atoms with Crippen LogP contribution in [0, 0.1) is 11.6 Å². The SMILES string of the molecule is CC(C(=O)NN)N1C(=O)C(=O)c2cc(F)cc(F)c21. The van der Waals surface area contributed by atoms with Gasteiger partial charge in [0.25, 0.3) is 17.6 Å². The summed E-state index contributed by atoms with van der Waals surface area (Å²) in [4.78, 5) is 35.5. The Morgan fingerprint density at radius 2 is 2.00 bits per heavy atom. The monoisotopic (exact) mass is 269 g/mol. The minimum Gasteiger partial charge on any atom is -0.292 e. The number of nitrogens with one attached hydrogen (secondary N) is 1. The number of amides is 2. The fourth-order valence-electron chi connectivity index (χ4n) is 1.92. The molecule has 0 saturated heterocycles. The average Bonchev–Trinajstić information content (AvgIpc) is 2.61. The van der Waals surface area contributed by atoms with E-state index in [4.69, 9.17) is 5.84 Å². The summed E-state index contributed by atoms with van der Waals surface area (Å²) in [5, 5.41) is 0. The first kappa shape index (κ1) is 13.1. The van der Waals surface area contributed by atoms with Crippen molar-refractivity contribution in [2.45, 2.75) is 13.0 Å². The molecule has 8 heteroatoms. The number of rotatable bonds is 2. The molecule has 2 amide bonds. The van der Waals surface area contributed by atoms with Crippen molar-refractivity contribution in [2.75, 3.05) is 4.90 Å². The lowest BCUT2D eigenvalue weighted by molar-refractivity contribution is -0.124. The number of ketones is 1. The third-order valence-corrected chi connectivity index (χ3v) is 2.84. The molecule has 0 aromatic heterocycles. The number of Topliss-reactive ketones (excluding diaryl/α,β-unsaturated/α-hetero) is 1. The number of carbonyl (C=O) groups excluding carboxylic acids is 3. The fraction of sp³-hybridized carbons (Fsp3) is 0.182. The number of benzene rings is 1. The van der Waals surface area contributed by atoms with Gasteiger partial charge in [0.15, 0.2) is 5.82 Å². The van der Waals surface area contributed by atoms with Crippen LogP contribution >= 0.6 is 0 Å². The number of nitrogens with zero attached hydrogens (tertiary/aromatic N) is 1. The molecule has 0 bridgehead atoms. The Kier molecular flexibility index (Phi) is 3.03. The highest BCUT2D eigenvalue weighted by molar-refractivity contribution is 6.52. The highest BCUT2D eigenvalue weighted by Gasteiger charge is 2.42. The normalized spacial score (nSPS) is 15.5. The molecule has 1 heterocycles. The number of hydrogen-bond acceptors (Lipinski definition) is 4. The molecule has 1 aromatic rings. The van der Waals surface area contributed by atoms with Crippen molar-refractivity contribution in [2.24, 2.45) is 5.84 Å². The van der Waals surface area contributed by atoms with Crippen molar-refractivity contribution in [3.8, 4) is 0 Å². The predicted octanol–water partition coefficient (Wildman–Crippen LogP) is -0.127. The Bertz CT molecular complexity index is 603. The molecule has 100 valence electrons. The van der Waals surface area contributed by atoms with Crippen LogP contribution in [0.3, 0.4) is 0 Å². The first-order valence-electron chi connectivity index (χ1n) is 5.26. The Morgan fingerprint density at radius 1 is 1.37 bits per heavy atom. The number of fused-ring (bicyclic) bond motifs is 1. The van der Waals surface area contributed by atoms with Crippen molar-refractivity contribution in [3.63, 3.8) is 0 Å². The Hall–Kier alpha value is -2.35. The summed E-state index contributed by atoms with van der Waals surface area (Å²) in [6.45, 7) is 1.27. The van der Waals surface area contributed by atoms with Gasteiger partial charge < -0.3 is 0 Å². The van der Waals surface area contributed by atoms with Crippen LogP contribution in [0.1, 0.15) is 17.3 Å². The van der Waals surface area contributed by atoms with E-state index < -0.39 is 46.5 Å². The third-order valence-electron chi connectivity index (χ3n) is 2.84. The molecule has 3 N–H and O–H groups in total. The lowest BCUT2D eigenvalue weighted by Gasteiger charge is -2.23. The van der Waals surface area contributed by atoms with Crippen molar-refractivity contribution in [1.29, 1.82) is 0 Å². The van der Waals surface area contributed by atoms with Crippen LogP contribution in [0.5, 0.6) is 0 Å². The summed E-state index contributed by atoms with van der Waals surface area (Å²) in [5.74, 6) is -0.0878. The van der Waals surface area contributed by atoms with E-state index in [1.165, 1.54) is 6.92 Å². The molecule has 2 rings (SSSR count). The van der Waals surface area contributed by atoms with E-state index in [2.05, 4.69) is 0 Å². The zero-order chi connectivity index (χ0) is 14.3. The lowest BCUT2D eigenvalue weighted by atomic mass is 10.1. The maximum absolute atomic E-state index is 13.7. The molecule has 0 saturated carbocycles. The summed E-state index contributed by atoms with van der Waals surface area (Å²) in [6, 6.07) is 0.0962. The number of halogens is 2. The van der Waals surface area contributed by atoms with Crippen LogP contribution in [-0.2, 0) is 9.59 Å². The van der Waals surface area contributed by atoms with Gasteiger partial charge >= 0.3 is 0 Å². The second-order valence-electron chi connectivity index (χ2n) is 3.97. The zero-order valence-corrected chi connectivity index (χ0v) is 9.74. The minimum absolute atomic E-state index is 0.404. The quantitative estimate of drug-likeness (QED) is 0.338. The van der Waals surface area contributed by atoms with Crippen molar-refractivity contribution in [3.05, 3.63) is 29.3 Å². The van der Waals surface area contributed by atoms with Gasteiger partial charge in [0.05, 0.1) is 11.3 Å². The summed E-state index contributed by atoms with van der Waals surface area (Å²) in [7, 11) is 0. The topological polar surface area (TPSA) is 92.5 Å². The van der Waals surface area contributed by atoms with Crippen molar-refractivity contribution < 1.29 is 23.2 Å². The smallest absolute Gasteiger partial charge is 0.292 e. The van der Waals surface area contributed by atoms with E-state index >= 15 is 0 Å². The molecule has 1 aliphatic heterocycles. The number of carbonyl (C=O) groups is 3. The third kappa shape index (κ3) is 1.85. The molecule has 0 aliphatic carbocycles. The van der Waals surface area contributed by atoms with E-state index in [0.29, 0.717) is 11.0 Å². The molecule has 1 unspecified atom stereocenters. The van der Waals surface area contributed by atoms with Crippen LogP contribution in [0.2, 0.25) is 0 Å². The molecule has 0 spiro atoms. The molecule has 1 atom stereocenters. The van der Waals surface area contributed by atoms with Crippen LogP contribution in [0.15, 0.2) is 12.1 Å². The van der Waals surface area contributed by atoms with E-state index in [0.717, 1.165) is 6.07 Å². The predicted molar refractivity (Wildman–Crippen MR) is 60.0 cm³/mol. The standard InChI is InChI=1S/C11H9F2N3O3/c1-4(10(18)15-14)16-8-6(9(17)11(16)19)2-5(12)3-7(8)13/h2-4H,14H2,1H3,(H,15,18). The van der Waals surface area contributed by atoms with Gasteiger partial charge in [0.1, 0.15) is 11.9 Å². The fourth-order valence-corrected chi connectivity index (χ4v) is 1.92. The number of hydrogen-bond donors (Lipinski definition) is 2. The van der Waals surface area contributed by atoms with Gasteiger partial charge in [-0.2, -0.15) is 0 Å². The van der Waals surface area contributed by atoms with Gasteiger partial charge in [-0.15, -0.1) is 0 Å². The molecular weight excluding hydrogens is 260 g/mol. The number of nitrogens with two attached hydrogens (primary N) is 1. The summed E-state index contributed by atoms with van der Waals surface area (Å²) < 4.78 is 26.8. The maximum atomic E-state index is 13.7. The van der Waals surface area contributed by atoms with Crippen LogP contribution in [-0.4, -0.2) is 23.6 Å². The molecule has 19 heavy (non-hydrogen) atoms. The Balaban J connectivity index is 2.59. The van der Waals surface area contributed by atoms with E-state index in [1.54, 1.807) is 5.43 Å². The van der Waals surface area contributed by atoms with Crippen molar-refractivity contribution in [1.82, 2.24) is 5.43 Å². The average molecular weight is 269 g/mol. The first-order chi connectivity index (χ1) is 8.88. The molecule has 1 aromatic carbocycles. The van der Waals surface area contributed by atoms with Crippen LogP contribution in [0.25, 0.3) is 0 Å². The first-order valence-corrected chi connectivity index (χ1v) is 5.26. The Labute approximate surface area is 106 Å². The lowest BCUT2D eigenvalue weighted by Crippen LogP contribution is -2.49. The second kappa shape index (κ2) is 4.39. The summed E-state index contributed by atoms with van der Waals surface area (Å²) in [5.41, 5.74) is 0.985. The maximum Gasteiger partial charge on any atom is 0.300 e. The summed E-state index contributed by atoms with van der Waals surface area (Å²) >= 11 is 0. The molecule has 6 nitrogen and oxygen atoms in total. The summed E-state index contributed by atoms with van der Waals surface area (Å²) in [6.07, 6.45) is 0. The highest BCUT2D eigenvalue weighted by Crippen LogP contribution is 2.34. The van der Waals surface area contributed by atoms with Gasteiger partial charge in [-0.05, 0) is 13.0 Å². The van der Waals surface area contributed by atoms with Gasteiger partial charge in [-0.25, -0.2) is 14.6 Å². The van der Waals surface area contributed by atoms with Gasteiger partial charge in [-0.3, -0.25) is 24.7 Å². The number of anilines is 1. The molecule has 0 radical (unpaired) electrons. The zero-order valence-electron chi connectivity index (χ0n) is 9.74. The second-order valence-corrected chi connectivity index (χ2v) is 3.97. The molecular formula is C11H9F2N3O3. The highest BCUT2D eigenvalue weighted by atomic mass is 19.1. The van der Waals surface area contributed by atoms with E-state index in [-0.39, 0.29) is 0 Å². The Morgan fingerprint density at radius 3 is 2.58 bits per heavy atom. The van der Waals surface area contributed by atoms with Gasteiger partial charge in [-0.1, -0.05) is 0 Å². The number of hydrazine groups is 1. The largest absolute Gasteiger partial charge is 0.300 e. The van der Waals surface area contributed by atoms with E-state index in [9.17, 15) is 23.2 Å². The minimum atomic E-state index is -1.19. The van der Waals surface area contributed by atoms with Crippen LogP contribution in [0.4, 0.5) is 14.5 Å². The van der Waals surface area contributed by atoms with Gasteiger partial charge in [0, 0.05) is 6.07 Å². The van der Waals surface area contributed by atoms with Crippen LogP contribution < -0.4 is 16.2 Å².